The number of aliphatic carboxylic acids is 1. The Morgan fingerprint density at radius 1 is 1.09 bits per heavy atom. The van der Waals surface area contributed by atoms with Crippen molar-refractivity contribution in [2.45, 2.75) is 39.3 Å². The molecule has 2 rings (SSSR count). The van der Waals surface area contributed by atoms with E-state index in [0.29, 0.717) is 17.8 Å². The van der Waals surface area contributed by atoms with Crippen molar-refractivity contribution in [1.82, 2.24) is 5.32 Å². The summed E-state index contributed by atoms with van der Waals surface area (Å²) in [6.45, 7) is 6.02. The molecule has 0 radical (unpaired) electrons. The zero-order chi connectivity index (χ0) is 25.6. The van der Waals surface area contributed by atoms with E-state index in [9.17, 15) is 28.0 Å². The van der Waals surface area contributed by atoms with Crippen molar-refractivity contribution in [3.63, 3.8) is 0 Å². The maximum Gasteiger partial charge on any atom is 0.372 e. The molecule has 0 unspecified atom stereocenters. The van der Waals surface area contributed by atoms with Crippen LogP contribution in [-0.2, 0) is 14.3 Å². The highest BCUT2D eigenvalue weighted by atomic mass is 32.2. The summed E-state index contributed by atoms with van der Waals surface area (Å²) >= 11 is 0.477. The number of hydrogen-bond acceptors (Lipinski definition) is 7. The van der Waals surface area contributed by atoms with Crippen molar-refractivity contribution in [2.75, 3.05) is 5.75 Å². The average Bonchev–Trinajstić information content (AvgIpc) is 2.70. The summed E-state index contributed by atoms with van der Waals surface area (Å²) in [5.41, 5.74) is -0.862. The Hall–Kier alpha value is -3.47. The Balaban J connectivity index is 2.33. The largest absolute Gasteiger partial charge is 0.480 e. The van der Waals surface area contributed by atoms with Gasteiger partial charge in [0.2, 0.25) is 5.91 Å². The monoisotopic (exact) mass is 495 g/mol. The maximum absolute atomic E-state index is 14.3. The normalized spacial score (nSPS) is 11.9. The lowest BCUT2D eigenvalue weighted by atomic mass is 10.0. The van der Waals surface area contributed by atoms with Crippen LogP contribution in [0.2, 0.25) is 0 Å². The molecule has 2 aromatic rings. The highest BCUT2D eigenvalue weighted by Gasteiger charge is 2.25. The molecule has 0 saturated heterocycles. The van der Waals surface area contributed by atoms with E-state index in [1.807, 2.05) is 0 Å². The molecule has 2 N–H and O–H groups in total. The molecule has 1 amide bonds. The van der Waals surface area contributed by atoms with Crippen LogP contribution in [-0.4, -0.2) is 45.6 Å². The smallest absolute Gasteiger partial charge is 0.372 e. The number of thioether (sulfide) groups is 1. The van der Waals surface area contributed by atoms with Gasteiger partial charge in [-0.1, -0.05) is 6.07 Å². The Kier molecular flexibility index (Phi) is 8.74. The summed E-state index contributed by atoms with van der Waals surface area (Å²) in [5, 5.41) is 10.4. The quantitative estimate of drug-likeness (QED) is 0.543. The fraction of sp³-hybridized carbons (Fsp3) is 0.304. The zero-order valence-electron chi connectivity index (χ0n) is 18.8. The van der Waals surface area contributed by atoms with Gasteiger partial charge in [-0.2, -0.15) is 0 Å². The number of halogens is 2. The van der Waals surface area contributed by atoms with Crippen LogP contribution in [0, 0.1) is 11.6 Å². The lowest BCUT2D eigenvalue weighted by molar-refractivity contribution is -0.140. The first-order chi connectivity index (χ1) is 15.8. The molecule has 0 fully saturated rings. The molecular formula is C23H23F2NO7S. The summed E-state index contributed by atoms with van der Waals surface area (Å²) in [6.07, 6.45) is 0. The molecule has 0 spiro atoms. The number of carboxylic acids is 1. The van der Waals surface area contributed by atoms with Crippen molar-refractivity contribution in [3.8, 4) is 16.9 Å². The van der Waals surface area contributed by atoms with Crippen LogP contribution < -0.4 is 10.1 Å². The van der Waals surface area contributed by atoms with E-state index in [1.165, 1.54) is 24.3 Å². The maximum atomic E-state index is 14.3. The minimum atomic E-state index is -1.34. The van der Waals surface area contributed by atoms with Crippen molar-refractivity contribution in [3.05, 3.63) is 53.6 Å². The molecule has 11 heteroatoms. The van der Waals surface area contributed by atoms with Gasteiger partial charge in [0, 0.05) is 24.3 Å². The zero-order valence-corrected chi connectivity index (χ0v) is 19.6. The topological polar surface area (TPSA) is 119 Å². The van der Waals surface area contributed by atoms with Gasteiger partial charge in [-0.15, -0.1) is 0 Å². The number of ether oxygens (including phenoxy) is 2. The number of esters is 1. The van der Waals surface area contributed by atoms with Crippen LogP contribution in [0.1, 0.15) is 38.1 Å². The van der Waals surface area contributed by atoms with E-state index < -0.39 is 46.4 Å². The minimum absolute atomic E-state index is 0.0121. The van der Waals surface area contributed by atoms with Gasteiger partial charge in [0.05, 0.1) is 0 Å². The van der Waals surface area contributed by atoms with Crippen LogP contribution in [0.5, 0.6) is 5.75 Å². The molecule has 0 aliphatic heterocycles. The van der Waals surface area contributed by atoms with Crippen LogP contribution in [0.15, 0.2) is 36.4 Å². The Labute approximate surface area is 198 Å². The summed E-state index contributed by atoms with van der Waals surface area (Å²) in [5.74, 6) is -4.93. The second-order valence-electron chi connectivity index (χ2n) is 8.09. The van der Waals surface area contributed by atoms with Crippen LogP contribution >= 0.6 is 11.8 Å². The van der Waals surface area contributed by atoms with E-state index >= 15 is 0 Å². The number of carbonyl (C=O) groups is 4. The number of carboxylic acid groups (broad SMARTS) is 1. The van der Waals surface area contributed by atoms with Crippen molar-refractivity contribution in [1.29, 1.82) is 0 Å². The number of nitrogens with one attached hydrogen (secondary N) is 1. The predicted octanol–water partition coefficient (Wildman–Crippen LogP) is 4.41. The fourth-order valence-electron chi connectivity index (χ4n) is 2.69. The van der Waals surface area contributed by atoms with Crippen LogP contribution in [0.25, 0.3) is 11.1 Å². The number of benzene rings is 2. The SMILES string of the molecule is CC(=O)N[C@H](CSC(=O)Oc1ccc(-c2ccc(F)cc2F)cc1C(=O)OC(C)(C)C)C(=O)O. The van der Waals surface area contributed by atoms with Gasteiger partial charge in [0.15, 0.2) is 0 Å². The Bertz CT molecular complexity index is 1110. The molecule has 0 bridgehead atoms. The van der Waals surface area contributed by atoms with Gasteiger partial charge in [-0.05, 0) is 62.4 Å². The van der Waals surface area contributed by atoms with E-state index in [4.69, 9.17) is 14.6 Å². The highest BCUT2D eigenvalue weighted by Crippen LogP contribution is 2.31. The van der Waals surface area contributed by atoms with E-state index in [1.54, 1.807) is 20.8 Å². The molecule has 0 aliphatic carbocycles. The van der Waals surface area contributed by atoms with Gasteiger partial charge < -0.3 is 19.9 Å². The number of carbonyl (C=O) groups excluding carboxylic acids is 3. The van der Waals surface area contributed by atoms with Gasteiger partial charge >= 0.3 is 17.2 Å². The average molecular weight is 496 g/mol. The van der Waals surface area contributed by atoms with E-state index in [2.05, 4.69) is 5.32 Å². The standard InChI is InChI=1S/C23H23F2NO7S/c1-12(27)26-18(20(28)29)11-34-22(31)32-19-8-5-13(15-7-6-14(24)10-17(15)25)9-16(19)21(30)33-23(2,3)4/h5-10,18H,11H2,1-4H3,(H,26,27)(H,28,29)/t18-/m1/s1. The molecule has 0 aromatic heterocycles. The molecule has 1 atom stereocenters. The Morgan fingerprint density at radius 2 is 1.76 bits per heavy atom. The summed E-state index contributed by atoms with van der Waals surface area (Å²) < 4.78 is 38.1. The third-order valence-electron chi connectivity index (χ3n) is 4.08. The van der Waals surface area contributed by atoms with E-state index in [0.717, 1.165) is 13.0 Å². The first-order valence-corrected chi connectivity index (χ1v) is 10.9. The number of amides is 1. The number of hydrogen-bond donors (Lipinski definition) is 2. The molecule has 0 saturated carbocycles. The fourth-order valence-corrected chi connectivity index (χ4v) is 3.37. The molecule has 8 nitrogen and oxygen atoms in total. The first kappa shape index (κ1) is 26.8. The Morgan fingerprint density at radius 3 is 2.32 bits per heavy atom. The molecular weight excluding hydrogens is 472 g/mol. The molecule has 2 aromatic carbocycles. The van der Waals surface area contributed by atoms with E-state index in [-0.39, 0.29) is 28.2 Å². The minimum Gasteiger partial charge on any atom is -0.480 e. The number of rotatable bonds is 7. The van der Waals surface area contributed by atoms with Crippen molar-refractivity contribution in [2.24, 2.45) is 0 Å². The summed E-state index contributed by atoms with van der Waals surface area (Å²) in [7, 11) is 0. The second kappa shape index (κ2) is 11.1. The molecule has 0 aliphatic rings. The third kappa shape index (κ3) is 7.84. The highest BCUT2D eigenvalue weighted by molar-refractivity contribution is 8.13. The molecule has 34 heavy (non-hydrogen) atoms. The molecule has 182 valence electrons. The van der Waals surface area contributed by atoms with Gasteiger partial charge in [0.1, 0.15) is 34.6 Å². The first-order valence-electron chi connectivity index (χ1n) is 9.94. The van der Waals surface area contributed by atoms with Gasteiger partial charge in [-0.3, -0.25) is 4.79 Å². The van der Waals surface area contributed by atoms with Crippen LogP contribution in [0.3, 0.4) is 0 Å². The third-order valence-corrected chi connectivity index (χ3v) is 4.90. The second-order valence-corrected chi connectivity index (χ2v) is 9.05. The van der Waals surface area contributed by atoms with Crippen molar-refractivity contribution >= 4 is 34.9 Å². The lowest BCUT2D eigenvalue weighted by Gasteiger charge is -2.21. The van der Waals surface area contributed by atoms with Gasteiger partial charge in [0.25, 0.3) is 0 Å². The predicted molar refractivity (Wildman–Crippen MR) is 121 cm³/mol. The molecule has 0 heterocycles. The summed E-state index contributed by atoms with van der Waals surface area (Å²) in [4.78, 5) is 47.4. The van der Waals surface area contributed by atoms with Crippen LogP contribution in [0.4, 0.5) is 13.6 Å². The lowest BCUT2D eigenvalue weighted by Crippen LogP contribution is -2.41. The van der Waals surface area contributed by atoms with Gasteiger partial charge in [-0.25, -0.2) is 23.2 Å². The summed E-state index contributed by atoms with van der Waals surface area (Å²) in [6, 6.07) is 5.49. The van der Waals surface area contributed by atoms with Crippen molar-refractivity contribution < 1.29 is 42.5 Å².